The molecule has 5 nitrogen and oxygen atoms in total. The maximum atomic E-state index is 11.9. The second kappa shape index (κ2) is 7.66. The van der Waals surface area contributed by atoms with Crippen molar-refractivity contribution in [3.8, 4) is 5.75 Å². The van der Waals surface area contributed by atoms with Crippen molar-refractivity contribution in [1.82, 2.24) is 15.6 Å². The molecule has 25 heavy (non-hydrogen) atoms. The first-order chi connectivity index (χ1) is 12.0. The summed E-state index contributed by atoms with van der Waals surface area (Å²) in [6.45, 7) is 6.14. The number of ether oxygens (including phenoxy) is 1. The number of carbonyl (C=O) groups is 1. The van der Waals surface area contributed by atoms with Crippen LogP contribution in [0.2, 0.25) is 0 Å². The molecule has 1 amide bonds. The van der Waals surface area contributed by atoms with E-state index in [1.54, 1.807) is 12.4 Å². The standard InChI is InChI=1S/C20H25N3O2/c1-20(2)11-17-10-15(5-6-18(17)25-20)12-22-9-7-19(24)23-14-16-4-3-8-21-13-16/h3-6,8,10,13,22H,7,9,11-12,14H2,1-2H3,(H,23,24). The molecule has 2 N–H and O–H groups in total. The monoisotopic (exact) mass is 339 g/mol. The average Bonchev–Trinajstić information content (AvgIpc) is 2.91. The van der Waals surface area contributed by atoms with Gasteiger partial charge in [0.15, 0.2) is 0 Å². The highest BCUT2D eigenvalue weighted by Gasteiger charge is 2.29. The predicted octanol–water partition coefficient (Wildman–Crippen LogP) is 2.59. The molecule has 2 heterocycles. The molecule has 1 aromatic heterocycles. The number of fused-ring (bicyclic) bond motifs is 1. The SMILES string of the molecule is CC1(C)Cc2cc(CNCCC(=O)NCc3cccnc3)ccc2O1. The Labute approximate surface area is 148 Å². The minimum atomic E-state index is -0.110. The highest BCUT2D eigenvalue weighted by atomic mass is 16.5. The molecular formula is C20H25N3O2. The summed E-state index contributed by atoms with van der Waals surface area (Å²) in [6, 6.07) is 10.1. The van der Waals surface area contributed by atoms with Crippen LogP contribution in [-0.4, -0.2) is 23.0 Å². The normalized spacial score (nSPS) is 14.6. The number of amides is 1. The molecule has 0 saturated carbocycles. The van der Waals surface area contributed by atoms with Gasteiger partial charge in [-0.25, -0.2) is 0 Å². The van der Waals surface area contributed by atoms with Gasteiger partial charge in [-0.2, -0.15) is 0 Å². The van der Waals surface area contributed by atoms with Crippen molar-refractivity contribution in [3.63, 3.8) is 0 Å². The van der Waals surface area contributed by atoms with E-state index in [4.69, 9.17) is 4.74 Å². The van der Waals surface area contributed by atoms with Gasteiger partial charge in [-0.15, -0.1) is 0 Å². The van der Waals surface area contributed by atoms with Crippen molar-refractivity contribution in [2.75, 3.05) is 6.54 Å². The van der Waals surface area contributed by atoms with E-state index >= 15 is 0 Å². The molecule has 0 aliphatic carbocycles. The van der Waals surface area contributed by atoms with Crippen molar-refractivity contribution < 1.29 is 9.53 Å². The van der Waals surface area contributed by atoms with E-state index in [0.29, 0.717) is 19.5 Å². The van der Waals surface area contributed by atoms with E-state index in [2.05, 4.69) is 41.6 Å². The molecule has 0 fully saturated rings. The molecule has 0 radical (unpaired) electrons. The van der Waals surface area contributed by atoms with Gasteiger partial charge >= 0.3 is 0 Å². The average molecular weight is 339 g/mol. The van der Waals surface area contributed by atoms with Gasteiger partial charge in [0.1, 0.15) is 11.4 Å². The fourth-order valence-corrected chi connectivity index (χ4v) is 3.00. The van der Waals surface area contributed by atoms with Crippen LogP contribution in [0.3, 0.4) is 0 Å². The summed E-state index contributed by atoms with van der Waals surface area (Å²) in [4.78, 5) is 15.9. The number of rotatable bonds is 7. The van der Waals surface area contributed by atoms with Crippen LogP contribution >= 0.6 is 0 Å². The van der Waals surface area contributed by atoms with Gasteiger partial charge in [-0.05, 0) is 42.7 Å². The van der Waals surface area contributed by atoms with Crippen molar-refractivity contribution in [3.05, 3.63) is 59.4 Å². The molecule has 3 rings (SSSR count). The van der Waals surface area contributed by atoms with Crippen LogP contribution in [0.1, 0.15) is 37.0 Å². The Morgan fingerprint density at radius 1 is 1.24 bits per heavy atom. The summed E-state index contributed by atoms with van der Waals surface area (Å²) in [5, 5.41) is 6.23. The maximum absolute atomic E-state index is 11.9. The summed E-state index contributed by atoms with van der Waals surface area (Å²) < 4.78 is 5.89. The molecule has 0 spiro atoms. The molecule has 2 aromatic rings. The van der Waals surface area contributed by atoms with Crippen molar-refractivity contribution in [1.29, 1.82) is 0 Å². The Morgan fingerprint density at radius 2 is 2.12 bits per heavy atom. The van der Waals surface area contributed by atoms with Crippen LogP contribution in [0.15, 0.2) is 42.7 Å². The topological polar surface area (TPSA) is 63.2 Å². The summed E-state index contributed by atoms with van der Waals surface area (Å²) in [5.41, 5.74) is 3.38. The lowest BCUT2D eigenvalue weighted by Gasteiger charge is -2.16. The summed E-state index contributed by atoms with van der Waals surface area (Å²) in [6.07, 6.45) is 4.88. The molecular weight excluding hydrogens is 314 g/mol. The number of carbonyl (C=O) groups excluding carboxylic acids is 1. The molecule has 1 aliphatic heterocycles. The third-order valence-corrected chi connectivity index (χ3v) is 4.20. The van der Waals surface area contributed by atoms with E-state index < -0.39 is 0 Å². The first kappa shape index (κ1) is 17.4. The quantitative estimate of drug-likeness (QED) is 0.761. The third-order valence-electron chi connectivity index (χ3n) is 4.20. The second-order valence-electron chi connectivity index (χ2n) is 7.05. The zero-order valence-electron chi connectivity index (χ0n) is 14.8. The highest BCUT2D eigenvalue weighted by Crippen LogP contribution is 2.35. The van der Waals surface area contributed by atoms with E-state index in [9.17, 15) is 4.79 Å². The lowest BCUT2D eigenvalue weighted by molar-refractivity contribution is -0.121. The number of nitrogens with one attached hydrogen (secondary N) is 2. The number of hydrogen-bond donors (Lipinski definition) is 2. The van der Waals surface area contributed by atoms with Crippen molar-refractivity contribution in [2.24, 2.45) is 0 Å². The smallest absolute Gasteiger partial charge is 0.221 e. The second-order valence-corrected chi connectivity index (χ2v) is 7.05. The zero-order valence-corrected chi connectivity index (χ0v) is 14.8. The fraction of sp³-hybridized carbons (Fsp3) is 0.400. The van der Waals surface area contributed by atoms with Gasteiger partial charge in [0.2, 0.25) is 5.91 Å². The van der Waals surface area contributed by atoms with E-state index in [-0.39, 0.29) is 11.5 Å². The van der Waals surface area contributed by atoms with Crippen molar-refractivity contribution in [2.45, 2.75) is 45.4 Å². The van der Waals surface area contributed by atoms with Crippen LogP contribution in [0.25, 0.3) is 0 Å². The Hall–Kier alpha value is -2.40. The van der Waals surface area contributed by atoms with E-state index in [1.165, 1.54) is 11.1 Å². The van der Waals surface area contributed by atoms with Gasteiger partial charge in [0.25, 0.3) is 0 Å². The molecule has 0 atom stereocenters. The van der Waals surface area contributed by atoms with Crippen LogP contribution in [0.4, 0.5) is 0 Å². The Morgan fingerprint density at radius 3 is 2.92 bits per heavy atom. The van der Waals surface area contributed by atoms with Gasteiger partial charge < -0.3 is 15.4 Å². The van der Waals surface area contributed by atoms with Gasteiger partial charge in [-0.3, -0.25) is 9.78 Å². The zero-order chi connectivity index (χ0) is 17.7. The first-order valence-corrected chi connectivity index (χ1v) is 8.69. The van der Waals surface area contributed by atoms with Crippen LogP contribution in [0, 0.1) is 0 Å². The first-order valence-electron chi connectivity index (χ1n) is 8.69. The summed E-state index contributed by atoms with van der Waals surface area (Å²) in [7, 11) is 0. The number of pyridine rings is 1. The molecule has 5 heteroatoms. The number of aromatic nitrogens is 1. The lowest BCUT2D eigenvalue weighted by atomic mass is 10.0. The number of hydrogen-bond acceptors (Lipinski definition) is 4. The molecule has 1 aromatic carbocycles. The summed E-state index contributed by atoms with van der Waals surface area (Å²) >= 11 is 0. The van der Waals surface area contributed by atoms with Gasteiger partial charge in [0.05, 0.1) is 0 Å². The predicted molar refractivity (Wildman–Crippen MR) is 97.3 cm³/mol. The fourth-order valence-electron chi connectivity index (χ4n) is 3.00. The van der Waals surface area contributed by atoms with Crippen LogP contribution in [-0.2, 0) is 24.3 Å². The van der Waals surface area contributed by atoms with Crippen molar-refractivity contribution >= 4 is 5.91 Å². The highest BCUT2D eigenvalue weighted by molar-refractivity contribution is 5.76. The molecule has 0 saturated heterocycles. The number of nitrogens with zero attached hydrogens (tertiary/aromatic N) is 1. The Bertz CT molecular complexity index is 729. The van der Waals surface area contributed by atoms with Crippen LogP contribution < -0.4 is 15.4 Å². The summed E-state index contributed by atoms with van der Waals surface area (Å²) in [5.74, 6) is 1.03. The number of benzene rings is 1. The Kier molecular flexibility index (Phi) is 5.34. The van der Waals surface area contributed by atoms with E-state index in [1.807, 2.05) is 18.2 Å². The van der Waals surface area contributed by atoms with Crippen LogP contribution in [0.5, 0.6) is 5.75 Å². The molecule has 0 bridgehead atoms. The van der Waals surface area contributed by atoms with Gasteiger partial charge in [-0.1, -0.05) is 18.2 Å². The largest absolute Gasteiger partial charge is 0.487 e. The maximum Gasteiger partial charge on any atom is 0.221 e. The van der Waals surface area contributed by atoms with Gasteiger partial charge in [0, 0.05) is 44.9 Å². The van der Waals surface area contributed by atoms with E-state index in [0.717, 1.165) is 24.3 Å². The molecule has 132 valence electrons. The minimum absolute atomic E-state index is 0.0421. The lowest BCUT2D eigenvalue weighted by Crippen LogP contribution is -2.27. The molecule has 0 unspecified atom stereocenters. The minimum Gasteiger partial charge on any atom is -0.487 e. The Balaban J connectivity index is 1.37. The third kappa shape index (κ3) is 5.03. The molecule has 1 aliphatic rings.